The van der Waals surface area contributed by atoms with Gasteiger partial charge in [0.15, 0.2) is 0 Å². The minimum absolute atomic E-state index is 0.0184. The second-order valence-corrected chi connectivity index (χ2v) is 6.74. The molecule has 0 radical (unpaired) electrons. The molecule has 1 aromatic heterocycles. The van der Waals surface area contributed by atoms with Crippen LogP contribution in [-0.2, 0) is 0 Å². The van der Waals surface area contributed by atoms with Gasteiger partial charge in [0, 0.05) is 17.3 Å². The third kappa shape index (κ3) is 3.26. The van der Waals surface area contributed by atoms with E-state index in [2.05, 4.69) is 27.9 Å². The van der Waals surface area contributed by atoms with Crippen molar-refractivity contribution in [3.05, 3.63) is 16.1 Å². The van der Waals surface area contributed by atoms with Gasteiger partial charge in [0.2, 0.25) is 0 Å². The monoisotopic (exact) mass is 279 g/mol. The summed E-state index contributed by atoms with van der Waals surface area (Å²) in [6.45, 7) is 4.07. The summed E-state index contributed by atoms with van der Waals surface area (Å²) < 4.78 is 0. The van der Waals surface area contributed by atoms with Crippen molar-refractivity contribution in [2.24, 2.45) is 5.92 Å². The Labute approximate surface area is 118 Å². The van der Waals surface area contributed by atoms with Crippen molar-refractivity contribution in [1.82, 2.24) is 15.6 Å². The number of hydrogen-bond donors (Lipinski definition) is 2. The molecule has 0 unspecified atom stereocenters. The number of carbonyl (C=O) groups excluding carboxylic acids is 1. The fourth-order valence-corrected chi connectivity index (χ4v) is 3.34. The van der Waals surface area contributed by atoms with Crippen molar-refractivity contribution in [2.75, 3.05) is 0 Å². The molecular weight excluding hydrogens is 258 g/mol. The van der Waals surface area contributed by atoms with Crippen LogP contribution in [0.15, 0.2) is 5.38 Å². The van der Waals surface area contributed by atoms with E-state index in [0.29, 0.717) is 11.8 Å². The van der Waals surface area contributed by atoms with Crippen molar-refractivity contribution in [1.29, 1.82) is 0 Å². The van der Waals surface area contributed by atoms with Crippen molar-refractivity contribution in [2.45, 2.75) is 57.5 Å². The zero-order valence-electron chi connectivity index (χ0n) is 11.5. The molecule has 0 aliphatic heterocycles. The lowest BCUT2D eigenvalue weighted by Gasteiger charge is -2.16. The highest BCUT2D eigenvalue weighted by molar-refractivity contribution is 7.09. The second kappa shape index (κ2) is 5.12. The van der Waals surface area contributed by atoms with Crippen LogP contribution in [0.25, 0.3) is 0 Å². The van der Waals surface area contributed by atoms with E-state index >= 15 is 0 Å². The molecule has 2 N–H and O–H groups in total. The van der Waals surface area contributed by atoms with Crippen molar-refractivity contribution in [3.63, 3.8) is 0 Å². The molecule has 2 aliphatic rings. The summed E-state index contributed by atoms with van der Waals surface area (Å²) in [4.78, 5) is 16.5. The van der Waals surface area contributed by atoms with E-state index in [1.165, 1.54) is 30.7 Å². The van der Waals surface area contributed by atoms with Crippen LogP contribution in [0.5, 0.6) is 0 Å². The van der Waals surface area contributed by atoms with E-state index in [9.17, 15) is 4.79 Å². The summed E-state index contributed by atoms with van der Waals surface area (Å²) >= 11 is 1.72. The Bertz CT molecular complexity index is 465. The Balaban J connectivity index is 1.51. The van der Waals surface area contributed by atoms with Crippen molar-refractivity contribution >= 4 is 17.4 Å². The Kier molecular flexibility index (Phi) is 3.48. The first kappa shape index (κ1) is 12.9. The molecule has 2 fully saturated rings. The topological polar surface area (TPSA) is 54.0 Å². The van der Waals surface area contributed by atoms with Crippen LogP contribution in [0.3, 0.4) is 0 Å². The molecule has 2 saturated carbocycles. The van der Waals surface area contributed by atoms with Crippen LogP contribution in [0, 0.1) is 5.92 Å². The van der Waals surface area contributed by atoms with E-state index in [0.717, 1.165) is 5.69 Å². The van der Waals surface area contributed by atoms with Crippen LogP contribution in [0.4, 0.5) is 4.79 Å². The van der Waals surface area contributed by atoms with Crippen LogP contribution in [0.2, 0.25) is 0 Å². The summed E-state index contributed by atoms with van der Waals surface area (Å²) in [6, 6.07) is 0.188. The van der Waals surface area contributed by atoms with Gasteiger partial charge >= 0.3 is 6.03 Å². The maximum Gasteiger partial charge on any atom is 0.315 e. The molecule has 1 heterocycles. The maximum absolute atomic E-state index is 11.9. The molecule has 1 aromatic rings. The van der Waals surface area contributed by atoms with Gasteiger partial charge in [-0.05, 0) is 45.4 Å². The van der Waals surface area contributed by atoms with Gasteiger partial charge in [-0.2, -0.15) is 0 Å². The number of carbonyl (C=O) groups is 1. The van der Waals surface area contributed by atoms with E-state index < -0.39 is 0 Å². The van der Waals surface area contributed by atoms with E-state index in [-0.39, 0.29) is 18.1 Å². The van der Waals surface area contributed by atoms with Crippen LogP contribution < -0.4 is 10.6 Å². The van der Waals surface area contributed by atoms with E-state index in [1.54, 1.807) is 11.3 Å². The van der Waals surface area contributed by atoms with Gasteiger partial charge in [0.1, 0.15) is 0 Å². The highest BCUT2D eigenvalue weighted by Gasteiger charge is 2.30. The number of nitrogens with zero attached hydrogens (tertiary/aromatic N) is 1. The van der Waals surface area contributed by atoms with Gasteiger partial charge in [-0.1, -0.05) is 0 Å². The van der Waals surface area contributed by atoms with Gasteiger partial charge in [-0.25, -0.2) is 9.78 Å². The number of urea groups is 1. The molecule has 0 spiro atoms. The minimum atomic E-state index is -0.0760. The van der Waals surface area contributed by atoms with E-state index in [4.69, 9.17) is 0 Å². The summed E-state index contributed by atoms with van der Waals surface area (Å²) in [5.41, 5.74) is 0.987. The quantitative estimate of drug-likeness (QED) is 0.869. The SMILES string of the molecule is C[C@H](NC(=O)N[C@H](C)c1csc(C2CC2)n1)C1CC1. The Hall–Kier alpha value is -1.10. The molecular formula is C14H21N3OS. The molecule has 19 heavy (non-hydrogen) atoms. The highest BCUT2D eigenvalue weighted by Crippen LogP contribution is 2.41. The molecule has 4 nitrogen and oxygen atoms in total. The van der Waals surface area contributed by atoms with Gasteiger partial charge in [-0.15, -0.1) is 11.3 Å². The fourth-order valence-electron chi connectivity index (χ4n) is 2.25. The lowest BCUT2D eigenvalue weighted by atomic mass is 10.2. The highest BCUT2D eigenvalue weighted by atomic mass is 32.1. The lowest BCUT2D eigenvalue weighted by Crippen LogP contribution is -2.42. The minimum Gasteiger partial charge on any atom is -0.335 e. The van der Waals surface area contributed by atoms with Gasteiger partial charge in [0.05, 0.1) is 16.7 Å². The molecule has 2 atom stereocenters. The standard InChI is InChI=1S/C14H21N3OS/c1-8(10-3-4-10)15-14(18)16-9(2)12-7-19-13(17-12)11-5-6-11/h7-11H,3-6H2,1-2H3,(H2,15,16,18)/t8-,9+/m0/s1. The molecule has 2 aliphatic carbocycles. The molecule has 104 valence electrons. The molecule has 2 amide bonds. The van der Waals surface area contributed by atoms with Crippen LogP contribution in [0.1, 0.15) is 62.2 Å². The fraction of sp³-hybridized carbons (Fsp3) is 0.714. The molecule has 5 heteroatoms. The zero-order chi connectivity index (χ0) is 13.4. The van der Waals surface area contributed by atoms with E-state index in [1.807, 2.05) is 6.92 Å². The number of thiazole rings is 1. The summed E-state index contributed by atoms with van der Waals surface area (Å²) in [5, 5.41) is 9.29. The summed E-state index contributed by atoms with van der Waals surface area (Å²) in [6.07, 6.45) is 5.03. The van der Waals surface area contributed by atoms with Gasteiger partial charge in [-0.3, -0.25) is 0 Å². The Morgan fingerprint density at radius 2 is 2.05 bits per heavy atom. The first-order valence-electron chi connectivity index (χ1n) is 7.16. The van der Waals surface area contributed by atoms with Crippen molar-refractivity contribution < 1.29 is 4.79 Å². The first-order chi connectivity index (χ1) is 9.13. The maximum atomic E-state index is 11.9. The predicted molar refractivity (Wildman–Crippen MR) is 76.4 cm³/mol. The normalized spacial score (nSPS) is 21.8. The predicted octanol–water partition coefficient (Wildman–Crippen LogP) is 3.18. The van der Waals surface area contributed by atoms with Crippen LogP contribution in [-0.4, -0.2) is 17.1 Å². The Morgan fingerprint density at radius 3 is 2.68 bits per heavy atom. The van der Waals surface area contributed by atoms with Gasteiger partial charge in [0.25, 0.3) is 0 Å². The first-order valence-corrected chi connectivity index (χ1v) is 8.04. The smallest absolute Gasteiger partial charge is 0.315 e. The summed E-state index contributed by atoms with van der Waals surface area (Å²) in [7, 11) is 0. The third-order valence-electron chi connectivity index (χ3n) is 3.95. The Morgan fingerprint density at radius 1 is 1.32 bits per heavy atom. The number of nitrogens with one attached hydrogen (secondary N) is 2. The number of hydrogen-bond acceptors (Lipinski definition) is 3. The van der Waals surface area contributed by atoms with Crippen molar-refractivity contribution in [3.8, 4) is 0 Å². The third-order valence-corrected chi connectivity index (χ3v) is 4.97. The average Bonchev–Trinajstić information content (AvgIpc) is 3.26. The number of aromatic nitrogens is 1. The van der Waals surface area contributed by atoms with Crippen LogP contribution >= 0.6 is 11.3 Å². The zero-order valence-corrected chi connectivity index (χ0v) is 12.3. The largest absolute Gasteiger partial charge is 0.335 e. The molecule has 0 saturated heterocycles. The summed E-state index contributed by atoms with van der Waals surface area (Å²) in [5.74, 6) is 1.37. The molecule has 0 bridgehead atoms. The average molecular weight is 279 g/mol. The second-order valence-electron chi connectivity index (χ2n) is 5.85. The number of rotatable bonds is 5. The molecule has 0 aromatic carbocycles. The lowest BCUT2D eigenvalue weighted by molar-refractivity contribution is 0.233. The van der Waals surface area contributed by atoms with Gasteiger partial charge < -0.3 is 10.6 Å². The molecule has 3 rings (SSSR count). The number of amides is 2.